The number of hydrogen-bond acceptors (Lipinski definition) is 4. The van der Waals surface area contributed by atoms with E-state index in [1.165, 1.54) is 29.2 Å². The van der Waals surface area contributed by atoms with Crippen molar-refractivity contribution >= 4 is 17.7 Å². The Morgan fingerprint density at radius 3 is 2.39 bits per heavy atom. The molecule has 2 aromatic rings. The van der Waals surface area contributed by atoms with Crippen molar-refractivity contribution in [3.8, 4) is 0 Å². The highest BCUT2D eigenvalue weighted by Gasteiger charge is 2.49. The highest BCUT2D eigenvalue weighted by molar-refractivity contribution is 6.01. The monoisotopic (exact) mass is 394 g/mol. The minimum absolute atomic E-state index is 0.0202. The Morgan fingerprint density at radius 2 is 1.75 bits per heavy atom. The van der Waals surface area contributed by atoms with E-state index < -0.39 is 35.2 Å². The zero-order valence-electron chi connectivity index (χ0n) is 14.6. The Morgan fingerprint density at radius 1 is 1.11 bits per heavy atom. The Bertz CT molecular complexity index is 871. The number of anilines is 1. The van der Waals surface area contributed by atoms with Gasteiger partial charge in [-0.1, -0.05) is 0 Å². The molecule has 1 fully saturated rings. The van der Waals surface area contributed by atoms with Crippen LogP contribution in [0.25, 0.3) is 0 Å². The van der Waals surface area contributed by atoms with Gasteiger partial charge < -0.3 is 20.1 Å². The molecule has 0 radical (unpaired) electrons. The summed E-state index contributed by atoms with van der Waals surface area (Å²) in [5.41, 5.74) is 0.690. The van der Waals surface area contributed by atoms with Crippen molar-refractivity contribution in [2.24, 2.45) is 0 Å². The number of carbonyl (C=O) groups is 2. The van der Waals surface area contributed by atoms with Crippen LogP contribution in [0.15, 0.2) is 42.5 Å². The fraction of sp³-hybridized carbons (Fsp3) is 0.263. The lowest BCUT2D eigenvalue weighted by molar-refractivity contribution is -0.175. The van der Waals surface area contributed by atoms with Crippen LogP contribution in [-0.4, -0.2) is 36.0 Å². The number of alkyl carbamates (subject to hydrolysis) is 1. The normalized spacial score (nSPS) is 19.0. The largest absolute Gasteiger partial charge is 0.410 e. The quantitative estimate of drug-likeness (QED) is 0.764. The minimum Gasteiger partial charge on any atom is -0.407 e. The second-order valence-electron chi connectivity index (χ2n) is 6.31. The minimum atomic E-state index is -2.34. The van der Waals surface area contributed by atoms with Gasteiger partial charge in [0.25, 0.3) is 11.7 Å². The number of halogens is 3. The number of aliphatic hydroxyl groups is 1. The first-order chi connectivity index (χ1) is 13.3. The van der Waals surface area contributed by atoms with E-state index in [2.05, 4.69) is 5.32 Å². The van der Waals surface area contributed by atoms with Crippen LogP contribution in [0, 0.1) is 17.5 Å². The Labute approximate surface area is 158 Å². The van der Waals surface area contributed by atoms with Crippen molar-refractivity contribution in [3.05, 3.63) is 65.5 Å². The first-order valence-corrected chi connectivity index (χ1v) is 8.48. The van der Waals surface area contributed by atoms with Crippen LogP contribution >= 0.6 is 0 Å². The van der Waals surface area contributed by atoms with E-state index in [1.54, 1.807) is 0 Å². The van der Waals surface area contributed by atoms with E-state index in [-0.39, 0.29) is 25.9 Å². The maximum Gasteiger partial charge on any atom is 0.410 e. The van der Waals surface area contributed by atoms with Gasteiger partial charge >= 0.3 is 6.09 Å². The van der Waals surface area contributed by atoms with Gasteiger partial charge in [0.2, 0.25) is 0 Å². The third-order valence-corrected chi connectivity index (χ3v) is 4.26. The SMILES string of the molecule is O=C(NCCc1cc(F)cc(F)c1)O[C@@]1(O)CCN(c2ccc(F)cc2)C1=O. The van der Waals surface area contributed by atoms with Crippen LogP contribution in [0.1, 0.15) is 12.0 Å². The summed E-state index contributed by atoms with van der Waals surface area (Å²) in [5, 5.41) is 12.7. The van der Waals surface area contributed by atoms with Crippen LogP contribution in [0.3, 0.4) is 0 Å². The summed E-state index contributed by atoms with van der Waals surface area (Å²) >= 11 is 0. The molecule has 1 atom stereocenters. The van der Waals surface area contributed by atoms with Gasteiger partial charge in [0, 0.05) is 31.3 Å². The standard InChI is InChI=1S/C19H17F3N2O4/c20-13-1-3-16(4-2-13)24-8-6-19(27,17(24)25)28-18(26)23-7-5-12-9-14(21)11-15(22)10-12/h1-4,9-11,27H,5-8H2,(H,23,26)/t19-/m0/s1. The third-order valence-electron chi connectivity index (χ3n) is 4.26. The van der Waals surface area contributed by atoms with Crippen molar-refractivity contribution in [3.63, 3.8) is 0 Å². The molecule has 148 valence electrons. The van der Waals surface area contributed by atoms with Gasteiger partial charge in [-0.2, -0.15) is 0 Å². The average molecular weight is 394 g/mol. The molecule has 0 aliphatic carbocycles. The second kappa shape index (κ2) is 7.89. The van der Waals surface area contributed by atoms with Gasteiger partial charge in [0.15, 0.2) is 0 Å². The van der Waals surface area contributed by atoms with Crippen LogP contribution in [0.2, 0.25) is 0 Å². The average Bonchev–Trinajstić information content (AvgIpc) is 2.90. The van der Waals surface area contributed by atoms with Gasteiger partial charge in [-0.3, -0.25) is 4.79 Å². The van der Waals surface area contributed by atoms with Crippen LogP contribution < -0.4 is 10.2 Å². The summed E-state index contributed by atoms with van der Waals surface area (Å²) in [6.45, 7) is 0.0600. The molecule has 1 aliphatic heterocycles. The van der Waals surface area contributed by atoms with Gasteiger partial charge in [0.05, 0.1) is 0 Å². The van der Waals surface area contributed by atoms with Gasteiger partial charge in [-0.15, -0.1) is 0 Å². The molecule has 0 spiro atoms. The van der Waals surface area contributed by atoms with Crippen molar-refractivity contribution in [2.45, 2.75) is 18.6 Å². The summed E-state index contributed by atoms with van der Waals surface area (Å²) in [4.78, 5) is 25.5. The molecule has 0 aromatic heterocycles. The van der Waals surface area contributed by atoms with E-state index in [0.717, 1.165) is 18.2 Å². The summed E-state index contributed by atoms with van der Waals surface area (Å²) in [6.07, 6.45) is -1.09. The maximum atomic E-state index is 13.1. The van der Waals surface area contributed by atoms with Crippen molar-refractivity contribution in [1.29, 1.82) is 0 Å². The summed E-state index contributed by atoms with van der Waals surface area (Å²) in [7, 11) is 0. The van der Waals surface area contributed by atoms with Crippen molar-refractivity contribution in [2.75, 3.05) is 18.0 Å². The summed E-state index contributed by atoms with van der Waals surface area (Å²) < 4.78 is 44.1. The molecule has 2 aromatic carbocycles. The Kier molecular flexibility index (Phi) is 5.55. The molecule has 2 N–H and O–H groups in total. The lowest BCUT2D eigenvalue weighted by atomic mass is 10.1. The van der Waals surface area contributed by atoms with Gasteiger partial charge in [-0.25, -0.2) is 18.0 Å². The second-order valence-corrected chi connectivity index (χ2v) is 6.31. The number of ether oxygens (including phenoxy) is 1. The maximum absolute atomic E-state index is 13.1. The number of benzene rings is 2. The molecule has 0 saturated carbocycles. The van der Waals surface area contributed by atoms with E-state index in [4.69, 9.17) is 4.74 Å². The Hall–Kier alpha value is -3.07. The molecule has 9 heteroatoms. The molecule has 1 saturated heterocycles. The molecular weight excluding hydrogens is 377 g/mol. The van der Waals surface area contributed by atoms with E-state index in [1.807, 2.05) is 0 Å². The number of rotatable bonds is 5. The van der Waals surface area contributed by atoms with E-state index >= 15 is 0 Å². The van der Waals surface area contributed by atoms with E-state index in [0.29, 0.717) is 11.3 Å². The first kappa shape index (κ1) is 19.7. The zero-order valence-corrected chi connectivity index (χ0v) is 14.6. The summed E-state index contributed by atoms with van der Waals surface area (Å²) in [5.74, 6) is -5.13. The molecular formula is C19H17F3N2O4. The highest BCUT2D eigenvalue weighted by Crippen LogP contribution is 2.29. The fourth-order valence-electron chi connectivity index (χ4n) is 2.90. The summed E-state index contributed by atoms with van der Waals surface area (Å²) in [6, 6.07) is 8.08. The Balaban J connectivity index is 1.54. The molecule has 0 bridgehead atoms. The number of amides is 2. The smallest absolute Gasteiger partial charge is 0.407 e. The number of nitrogens with one attached hydrogen (secondary N) is 1. The van der Waals surface area contributed by atoms with E-state index in [9.17, 15) is 27.9 Å². The van der Waals surface area contributed by atoms with Gasteiger partial charge in [0.1, 0.15) is 17.5 Å². The first-order valence-electron chi connectivity index (χ1n) is 8.48. The van der Waals surface area contributed by atoms with Crippen molar-refractivity contribution < 1.29 is 32.6 Å². The molecule has 3 rings (SSSR count). The molecule has 0 unspecified atom stereocenters. The predicted molar refractivity (Wildman–Crippen MR) is 92.9 cm³/mol. The lowest BCUT2D eigenvalue weighted by Crippen LogP contribution is -2.46. The van der Waals surface area contributed by atoms with Gasteiger partial charge in [-0.05, 0) is 48.4 Å². The van der Waals surface area contributed by atoms with Crippen LogP contribution in [0.5, 0.6) is 0 Å². The molecule has 6 nitrogen and oxygen atoms in total. The topological polar surface area (TPSA) is 78.9 Å². The molecule has 1 aliphatic rings. The predicted octanol–water partition coefficient (Wildman–Crippen LogP) is 2.50. The molecule has 1 heterocycles. The lowest BCUT2D eigenvalue weighted by Gasteiger charge is -2.22. The van der Waals surface area contributed by atoms with Crippen LogP contribution in [-0.2, 0) is 16.0 Å². The zero-order chi connectivity index (χ0) is 20.3. The number of nitrogens with zero attached hydrogens (tertiary/aromatic N) is 1. The van der Waals surface area contributed by atoms with Crippen LogP contribution in [0.4, 0.5) is 23.7 Å². The third kappa shape index (κ3) is 4.42. The number of carbonyl (C=O) groups excluding carboxylic acids is 2. The van der Waals surface area contributed by atoms with Crippen molar-refractivity contribution in [1.82, 2.24) is 5.32 Å². The molecule has 2 amide bonds. The number of hydrogen-bond donors (Lipinski definition) is 2. The molecule has 28 heavy (non-hydrogen) atoms. The highest BCUT2D eigenvalue weighted by atomic mass is 19.1. The fourth-order valence-corrected chi connectivity index (χ4v) is 2.90.